The van der Waals surface area contributed by atoms with Crippen molar-refractivity contribution in [2.24, 2.45) is 7.05 Å². The first-order chi connectivity index (χ1) is 17.4. The molecule has 2 aromatic carbocycles. The standard InChI is InChI=1S/C27H27N3O5S/c1-29-23-19-10-6-7-11-20(19)30(16-21(31)17-8-4-3-5-9-17)27(33)22(23)25(35-2)24(29)26(32)28-18-12-14-36(34)15-13-18/h3-11,18H,12-16H2,1-2H3,(H,28,32). The van der Waals surface area contributed by atoms with Gasteiger partial charge in [0.05, 0.1) is 24.7 Å². The zero-order valence-corrected chi connectivity index (χ0v) is 21.0. The number of benzene rings is 2. The third-order valence-corrected chi connectivity index (χ3v) is 8.18. The lowest BCUT2D eigenvalue weighted by molar-refractivity contribution is 0.0922. The van der Waals surface area contributed by atoms with E-state index in [0.717, 1.165) is 5.39 Å². The molecule has 5 rings (SSSR count). The number of nitrogens with one attached hydrogen (secondary N) is 1. The fourth-order valence-corrected chi connectivity index (χ4v) is 6.29. The van der Waals surface area contributed by atoms with Gasteiger partial charge in [-0.2, -0.15) is 0 Å². The SMILES string of the molecule is COc1c(C(=O)NC2CC[S+]([O-])CC2)n(C)c2c1c(=O)n(CC(=O)c1ccccc1)c1ccccc21. The summed E-state index contributed by atoms with van der Waals surface area (Å²) < 4.78 is 20.5. The number of carbonyl (C=O) groups is 2. The molecule has 0 radical (unpaired) electrons. The number of pyridine rings is 1. The van der Waals surface area contributed by atoms with Gasteiger partial charge < -0.3 is 19.2 Å². The second-order valence-corrected chi connectivity index (χ2v) is 10.7. The molecule has 1 N–H and O–H groups in total. The number of Topliss-reactive ketones (excluding diaryl/α,β-unsaturated/α-hetero) is 1. The summed E-state index contributed by atoms with van der Waals surface area (Å²) in [6.45, 7) is -0.141. The summed E-state index contributed by atoms with van der Waals surface area (Å²) in [6, 6.07) is 16.1. The van der Waals surface area contributed by atoms with Gasteiger partial charge in [-0.15, -0.1) is 0 Å². The highest BCUT2D eigenvalue weighted by atomic mass is 32.2. The fourth-order valence-electron chi connectivity index (χ4n) is 4.99. The summed E-state index contributed by atoms with van der Waals surface area (Å²) >= 11 is -0.836. The van der Waals surface area contributed by atoms with Gasteiger partial charge >= 0.3 is 0 Å². The molecular formula is C27H27N3O5S. The number of amides is 1. The number of para-hydroxylation sites is 1. The van der Waals surface area contributed by atoms with E-state index in [1.54, 1.807) is 41.9 Å². The van der Waals surface area contributed by atoms with Crippen molar-refractivity contribution in [2.45, 2.75) is 25.4 Å². The number of ether oxygens (including phenoxy) is 1. The van der Waals surface area contributed by atoms with Crippen molar-refractivity contribution < 1.29 is 18.9 Å². The fraction of sp³-hybridized carbons (Fsp3) is 0.296. The Kier molecular flexibility index (Phi) is 6.59. The average molecular weight is 506 g/mol. The van der Waals surface area contributed by atoms with Crippen molar-refractivity contribution in [2.75, 3.05) is 18.6 Å². The summed E-state index contributed by atoms with van der Waals surface area (Å²) in [6.07, 6.45) is 1.28. The van der Waals surface area contributed by atoms with Gasteiger partial charge in [0.25, 0.3) is 11.5 Å². The predicted octanol–water partition coefficient (Wildman–Crippen LogP) is 3.03. The smallest absolute Gasteiger partial charge is 0.272 e. The highest BCUT2D eigenvalue weighted by molar-refractivity contribution is 7.91. The number of fused-ring (bicyclic) bond motifs is 3. The van der Waals surface area contributed by atoms with Gasteiger partial charge in [-0.1, -0.05) is 59.7 Å². The summed E-state index contributed by atoms with van der Waals surface area (Å²) in [4.78, 5) is 40.3. The van der Waals surface area contributed by atoms with Crippen molar-refractivity contribution >= 4 is 44.7 Å². The highest BCUT2D eigenvalue weighted by Crippen LogP contribution is 2.35. The molecule has 1 aliphatic rings. The van der Waals surface area contributed by atoms with E-state index in [2.05, 4.69) is 5.32 Å². The Morgan fingerprint density at radius 2 is 1.75 bits per heavy atom. The Balaban J connectivity index is 1.65. The Labute approximate surface area is 211 Å². The van der Waals surface area contributed by atoms with Crippen molar-refractivity contribution in [3.63, 3.8) is 0 Å². The number of rotatable bonds is 6. The molecule has 0 aliphatic carbocycles. The van der Waals surface area contributed by atoms with Crippen LogP contribution in [0.15, 0.2) is 59.4 Å². The molecule has 3 heterocycles. The quantitative estimate of drug-likeness (QED) is 0.320. The Hall–Kier alpha value is -3.56. The van der Waals surface area contributed by atoms with Gasteiger partial charge in [0.15, 0.2) is 17.2 Å². The first-order valence-electron chi connectivity index (χ1n) is 11.8. The largest absolute Gasteiger partial charge is 0.616 e. The Bertz CT molecular complexity index is 1520. The van der Waals surface area contributed by atoms with Crippen molar-refractivity contribution in [3.05, 3.63) is 76.2 Å². The van der Waals surface area contributed by atoms with Gasteiger partial charge in [-0.25, -0.2) is 0 Å². The lowest BCUT2D eigenvalue weighted by Crippen LogP contribution is -2.41. The third kappa shape index (κ3) is 4.18. The maximum atomic E-state index is 13.9. The van der Waals surface area contributed by atoms with Gasteiger partial charge in [0.2, 0.25) is 0 Å². The molecule has 186 valence electrons. The Morgan fingerprint density at radius 3 is 2.44 bits per heavy atom. The lowest BCUT2D eigenvalue weighted by atomic mass is 10.1. The van der Waals surface area contributed by atoms with E-state index in [0.29, 0.717) is 40.9 Å². The van der Waals surface area contributed by atoms with E-state index < -0.39 is 16.7 Å². The van der Waals surface area contributed by atoms with Crippen LogP contribution >= 0.6 is 0 Å². The topological polar surface area (TPSA) is 105 Å². The maximum absolute atomic E-state index is 13.9. The number of hydrogen-bond donors (Lipinski definition) is 1. The van der Waals surface area contributed by atoms with Crippen molar-refractivity contribution in [1.82, 2.24) is 14.5 Å². The molecule has 1 fully saturated rings. The van der Waals surface area contributed by atoms with Gasteiger partial charge in [-0.05, 0) is 6.07 Å². The molecule has 36 heavy (non-hydrogen) atoms. The first-order valence-corrected chi connectivity index (χ1v) is 13.3. The molecular weight excluding hydrogens is 478 g/mol. The lowest BCUT2D eigenvalue weighted by Gasteiger charge is -2.25. The number of carbonyl (C=O) groups excluding carboxylic acids is 2. The molecule has 2 aromatic heterocycles. The molecule has 1 amide bonds. The third-order valence-electron chi connectivity index (χ3n) is 6.80. The van der Waals surface area contributed by atoms with Gasteiger partial charge in [-0.3, -0.25) is 19.0 Å². The van der Waals surface area contributed by atoms with Crippen LogP contribution in [0.3, 0.4) is 0 Å². The molecule has 1 saturated heterocycles. The molecule has 0 bridgehead atoms. The van der Waals surface area contributed by atoms with E-state index in [1.165, 1.54) is 11.7 Å². The van der Waals surface area contributed by atoms with E-state index in [4.69, 9.17) is 4.74 Å². The number of aromatic nitrogens is 2. The van der Waals surface area contributed by atoms with Crippen LogP contribution in [0.1, 0.15) is 33.7 Å². The molecule has 0 atom stereocenters. The predicted molar refractivity (Wildman–Crippen MR) is 140 cm³/mol. The van der Waals surface area contributed by atoms with Crippen LogP contribution in [-0.4, -0.2) is 50.0 Å². The molecule has 0 saturated carbocycles. The molecule has 0 spiro atoms. The van der Waals surface area contributed by atoms with E-state index in [1.807, 2.05) is 24.3 Å². The van der Waals surface area contributed by atoms with E-state index in [-0.39, 0.29) is 41.1 Å². The minimum absolute atomic E-state index is 0.0881. The number of methoxy groups -OCH3 is 1. The number of hydrogen-bond acceptors (Lipinski definition) is 5. The molecule has 8 nitrogen and oxygen atoms in total. The van der Waals surface area contributed by atoms with Crippen LogP contribution in [0, 0.1) is 0 Å². The second kappa shape index (κ2) is 9.83. The molecule has 0 unspecified atom stereocenters. The highest BCUT2D eigenvalue weighted by Gasteiger charge is 2.30. The van der Waals surface area contributed by atoms with E-state index >= 15 is 0 Å². The van der Waals surface area contributed by atoms with Crippen LogP contribution in [0.4, 0.5) is 0 Å². The zero-order chi connectivity index (χ0) is 25.4. The Morgan fingerprint density at radius 1 is 1.08 bits per heavy atom. The van der Waals surface area contributed by atoms with Crippen LogP contribution in [0.2, 0.25) is 0 Å². The summed E-state index contributed by atoms with van der Waals surface area (Å²) in [5.74, 6) is 0.758. The summed E-state index contributed by atoms with van der Waals surface area (Å²) in [5, 5.41) is 4.03. The van der Waals surface area contributed by atoms with Crippen LogP contribution in [0.5, 0.6) is 5.75 Å². The number of nitrogens with zero attached hydrogens (tertiary/aromatic N) is 2. The second-order valence-electron chi connectivity index (χ2n) is 8.96. The number of aryl methyl sites for hydroxylation is 1. The summed E-state index contributed by atoms with van der Waals surface area (Å²) in [7, 11) is 3.17. The molecule has 1 aliphatic heterocycles. The maximum Gasteiger partial charge on any atom is 0.272 e. The molecule has 4 aromatic rings. The van der Waals surface area contributed by atoms with Crippen LogP contribution in [0.25, 0.3) is 21.8 Å². The van der Waals surface area contributed by atoms with Crippen molar-refractivity contribution in [1.29, 1.82) is 0 Å². The molecule has 9 heteroatoms. The monoisotopic (exact) mass is 505 g/mol. The summed E-state index contributed by atoms with van der Waals surface area (Å²) in [5.41, 5.74) is 1.54. The minimum atomic E-state index is -0.836. The van der Waals surface area contributed by atoms with Gasteiger partial charge in [0, 0.05) is 36.9 Å². The van der Waals surface area contributed by atoms with E-state index in [9.17, 15) is 18.9 Å². The van der Waals surface area contributed by atoms with Crippen LogP contribution in [-0.2, 0) is 24.8 Å². The minimum Gasteiger partial charge on any atom is -0.616 e. The van der Waals surface area contributed by atoms with Crippen LogP contribution < -0.4 is 15.6 Å². The van der Waals surface area contributed by atoms with Gasteiger partial charge in [0.1, 0.15) is 16.9 Å². The normalized spacial score (nSPS) is 17.9. The average Bonchev–Trinajstić information content (AvgIpc) is 3.20. The zero-order valence-electron chi connectivity index (χ0n) is 20.2. The first kappa shape index (κ1) is 24.1. The van der Waals surface area contributed by atoms with Crippen molar-refractivity contribution in [3.8, 4) is 5.75 Å². The number of ketones is 1.